The molecule has 0 saturated carbocycles. The van der Waals surface area contributed by atoms with Crippen molar-refractivity contribution in [1.29, 1.82) is 0 Å². The molecule has 0 aromatic carbocycles. The summed E-state index contributed by atoms with van der Waals surface area (Å²) in [6.07, 6.45) is 1.43. The molecule has 1 aromatic rings. The fraction of sp³-hybridized carbons (Fsp3) is 0.125. The van der Waals surface area contributed by atoms with E-state index in [-0.39, 0.29) is 5.82 Å². The number of hydrogen-bond acceptors (Lipinski definition) is 4. The summed E-state index contributed by atoms with van der Waals surface area (Å²) < 4.78 is 0. The van der Waals surface area contributed by atoms with E-state index in [0.29, 0.717) is 0 Å². The van der Waals surface area contributed by atoms with E-state index in [9.17, 15) is 9.59 Å². The number of carbonyl (C=O) groups is 2. The van der Waals surface area contributed by atoms with E-state index >= 15 is 0 Å². The molecule has 3 N–H and O–H groups in total. The molecule has 0 spiro atoms. The van der Waals surface area contributed by atoms with Crippen LogP contribution < -0.4 is 5.32 Å². The summed E-state index contributed by atoms with van der Waals surface area (Å²) in [6.45, 7) is 0. The Morgan fingerprint density at radius 3 is 2.36 bits per heavy atom. The lowest BCUT2D eigenvalue weighted by Crippen LogP contribution is -2.37. The molecule has 0 radical (unpaired) electrons. The van der Waals surface area contributed by atoms with Crippen LogP contribution in [0.4, 0.5) is 5.82 Å². The summed E-state index contributed by atoms with van der Waals surface area (Å²) in [4.78, 5) is 24.7. The zero-order valence-electron chi connectivity index (χ0n) is 7.04. The standard InChI is InChI=1S/C8H8N2O4/c11-7(12)6(8(13)14)10-5-3-1-2-4-9-5/h1-4,6H,(H,9,10)(H,11,12)(H,13,14). The van der Waals surface area contributed by atoms with Crippen molar-refractivity contribution in [2.24, 2.45) is 0 Å². The van der Waals surface area contributed by atoms with E-state index in [4.69, 9.17) is 10.2 Å². The smallest absolute Gasteiger partial charge is 0.337 e. The Labute approximate surface area is 79.2 Å². The Morgan fingerprint density at radius 1 is 1.29 bits per heavy atom. The second-order valence-electron chi connectivity index (χ2n) is 2.47. The van der Waals surface area contributed by atoms with Crippen molar-refractivity contribution < 1.29 is 19.8 Å². The molecule has 1 rings (SSSR count). The Bertz CT molecular complexity index is 324. The second kappa shape index (κ2) is 4.22. The van der Waals surface area contributed by atoms with Crippen LogP contribution in [-0.2, 0) is 9.59 Å². The van der Waals surface area contributed by atoms with E-state index in [0.717, 1.165) is 0 Å². The lowest BCUT2D eigenvalue weighted by atomic mass is 10.3. The molecular weight excluding hydrogens is 188 g/mol. The predicted molar refractivity (Wildman–Crippen MR) is 46.9 cm³/mol. The van der Waals surface area contributed by atoms with Crippen LogP contribution in [0.2, 0.25) is 0 Å². The average Bonchev–Trinajstić information content (AvgIpc) is 2.15. The number of carboxylic acid groups (broad SMARTS) is 2. The summed E-state index contributed by atoms with van der Waals surface area (Å²) in [6, 6.07) is 3.07. The first-order valence-electron chi connectivity index (χ1n) is 3.74. The van der Waals surface area contributed by atoms with Gasteiger partial charge in [-0.15, -0.1) is 0 Å². The van der Waals surface area contributed by atoms with Gasteiger partial charge in [-0.2, -0.15) is 0 Å². The Kier molecular flexibility index (Phi) is 3.01. The topological polar surface area (TPSA) is 99.5 Å². The maximum Gasteiger partial charge on any atom is 0.337 e. The van der Waals surface area contributed by atoms with Gasteiger partial charge in [0, 0.05) is 6.20 Å². The van der Waals surface area contributed by atoms with Gasteiger partial charge in [-0.05, 0) is 12.1 Å². The van der Waals surface area contributed by atoms with E-state index in [1.165, 1.54) is 12.3 Å². The van der Waals surface area contributed by atoms with E-state index < -0.39 is 18.0 Å². The highest BCUT2D eigenvalue weighted by Crippen LogP contribution is 2.02. The normalized spacial score (nSPS) is 9.79. The average molecular weight is 196 g/mol. The maximum absolute atomic E-state index is 10.5. The van der Waals surface area contributed by atoms with Gasteiger partial charge in [0.25, 0.3) is 0 Å². The SMILES string of the molecule is O=C(O)C(Nc1ccccn1)C(=O)O. The molecule has 1 heterocycles. The monoisotopic (exact) mass is 196 g/mol. The third kappa shape index (κ3) is 2.44. The molecule has 0 aliphatic heterocycles. The van der Waals surface area contributed by atoms with Crippen molar-refractivity contribution in [3.8, 4) is 0 Å². The van der Waals surface area contributed by atoms with Crippen LogP contribution in [0.15, 0.2) is 24.4 Å². The van der Waals surface area contributed by atoms with Gasteiger partial charge in [0.2, 0.25) is 6.04 Å². The van der Waals surface area contributed by atoms with Crippen molar-refractivity contribution in [2.45, 2.75) is 6.04 Å². The minimum Gasteiger partial charge on any atom is -0.479 e. The third-order valence-electron chi connectivity index (χ3n) is 1.45. The summed E-state index contributed by atoms with van der Waals surface area (Å²) in [7, 11) is 0. The summed E-state index contributed by atoms with van der Waals surface area (Å²) in [5.41, 5.74) is 0. The van der Waals surface area contributed by atoms with Crippen LogP contribution in [0.3, 0.4) is 0 Å². The molecule has 0 aliphatic carbocycles. The van der Waals surface area contributed by atoms with Crippen molar-refractivity contribution in [1.82, 2.24) is 4.98 Å². The lowest BCUT2D eigenvalue weighted by Gasteiger charge is -2.09. The highest BCUT2D eigenvalue weighted by atomic mass is 16.4. The first-order chi connectivity index (χ1) is 6.61. The maximum atomic E-state index is 10.5. The molecule has 0 saturated heterocycles. The Morgan fingerprint density at radius 2 is 1.93 bits per heavy atom. The second-order valence-corrected chi connectivity index (χ2v) is 2.47. The van der Waals surface area contributed by atoms with Crippen molar-refractivity contribution in [3.63, 3.8) is 0 Å². The quantitative estimate of drug-likeness (QED) is 0.587. The zero-order valence-corrected chi connectivity index (χ0v) is 7.04. The molecule has 6 heteroatoms. The van der Waals surface area contributed by atoms with Gasteiger partial charge < -0.3 is 15.5 Å². The number of pyridine rings is 1. The molecule has 14 heavy (non-hydrogen) atoms. The highest BCUT2D eigenvalue weighted by molar-refractivity contribution is 5.99. The van der Waals surface area contributed by atoms with Gasteiger partial charge in [-0.1, -0.05) is 6.07 Å². The first kappa shape index (κ1) is 9.97. The number of aliphatic carboxylic acids is 2. The molecule has 1 aromatic heterocycles. The number of aromatic nitrogens is 1. The Balaban J connectivity index is 2.75. The number of rotatable bonds is 4. The van der Waals surface area contributed by atoms with Crippen molar-refractivity contribution in [2.75, 3.05) is 5.32 Å². The summed E-state index contributed by atoms with van der Waals surface area (Å²) >= 11 is 0. The molecule has 0 bridgehead atoms. The number of anilines is 1. The predicted octanol–water partition coefficient (Wildman–Crippen LogP) is 0.0313. The van der Waals surface area contributed by atoms with Crippen LogP contribution in [0.1, 0.15) is 0 Å². The van der Waals surface area contributed by atoms with Crippen molar-refractivity contribution in [3.05, 3.63) is 24.4 Å². The minimum absolute atomic E-state index is 0.210. The molecule has 74 valence electrons. The largest absolute Gasteiger partial charge is 0.479 e. The number of nitrogens with one attached hydrogen (secondary N) is 1. The van der Waals surface area contributed by atoms with Crippen LogP contribution in [-0.4, -0.2) is 33.2 Å². The fourth-order valence-corrected chi connectivity index (χ4v) is 0.825. The first-order valence-corrected chi connectivity index (χ1v) is 3.74. The summed E-state index contributed by atoms with van der Waals surface area (Å²) in [5.74, 6) is -2.70. The van der Waals surface area contributed by atoms with Gasteiger partial charge in [-0.25, -0.2) is 14.6 Å². The molecule has 0 unspecified atom stereocenters. The molecule has 0 aliphatic rings. The number of carboxylic acids is 2. The van der Waals surface area contributed by atoms with Crippen LogP contribution in [0.5, 0.6) is 0 Å². The zero-order chi connectivity index (χ0) is 10.6. The third-order valence-corrected chi connectivity index (χ3v) is 1.45. The van der Waals surface area contributed by atoms with Crippen molar-refractivity contribution >= 4 is 17.8 Å². The van der Waals surface area contributed by atoms with Gasteiger partial charge >= 0.3 is 11.9 Å². The Hall–Kier alpha value is -2.11. The van der Waals surface area contributed by atoms with Gasteiger partial charge in [0.05, 0.1) is 0 Å². The summed E-state index contributed by atoms with van der Waals surface area (Å²) in [5, 5.41) is 19.3. The minimum atomic E-state index is -1.68. The molecule has 0 amide bonds. The van der Waals surface area contributed by atoms with E-state index in [1.54, 1.807) is 12.1 Å². The number of nitrogens with zero attached hydrogens (tertiary/aromatic N) is 1. The molecule has 6 nitrogen and oxygen atoms in total. The highest BCUT2D eigenvalue weighted by Gasteiger charge is 2.25. The lowest BCUT2D eigenvalue weighted by molar-refractivity contribution is -0.148. The van der Waals surface area contributed by atoms with E-state index in [2.05, 4.69) is 10.3 Å². The van der Waals surface area contributed by atoms with Gasteiger partial charge in [-0.3, -0.25) is 0 Å². The number of hydrogen-bond donors (Lipinski definition) is 3. The van der Waals surface area contributed by atoms with Gasteiger partial charge in [0.1, 0.15) is 5.82 Å². The van der Waals surface area contributed by atoms with E-state index in [1.807, 2.05) is 0 Å². The van der Waals surface area contributed by atoms with Crippen LogP contribution in [0.25, 0.3) is 0 Å². The molecular formula is C8H8N2O4. The van der Waals surface area contributed by atoms with Crippen LogP contribution in [0, 0.1) is 0 Å². The molecule has 0 atom stereocenters. The van der Waals surface area contributed by atoms with Gasteiger partial charge in [0.15, 0.2) is 0 Å². The van der Waals surface area contributed by atoms with Crippen LogP contribution >= 0.6 is 0 Å². The molecule has 0 fully saturated rings. The fourth-order valence-electron chi connectivity index (χ4n) is 0.825.